The largest absolute Gasteiger partial charge is 0.472 e. The quantitative estimate of drug-likeness (QED) is 0.942. The summed E-state index contributed by atoms with van der Waals surface area (Å²) < 4.78 is 10.9. The first-order valence-corrected chi connectivity index (χ1v) is 7.71. The summed E-state index contributed by atoms with van der Waals surface area (Å²) in [5.41, 5.74) is 3.62. The van der Waals surface area contributed by atoms with Crippen molar-refractivity contribution in [2.45, 2.75) is 26.4 Å². The number of hydrogen-bond acceptors (Lipinski definition) is 4. The predicted molar refractivity (Wildman–Crippen MR) is 88.0 cm³/mol. The van der Waals surface area contributed by atoms with Crippen LogP contribution < -0.4 is 10.1 Å². The SMILES string of the molecule is Cc1ccc(NC(=O)c2ccc(OC3CCOC3)nc2)cc1C. The van der Waals surface area contributed by atoms with Crippen LogP contribution in [-0.4, -0.2) is 30.2 Å². The molecule has 1 atom stereocenters. The van der Waals surface area contributed by atoms with E-state index < -0.39 is 0 Å². The van der Waals surface area contributed by atoms with E-state index >= 15 is 0 Å². The summed E-state index contributed by atoms with van der Waals surface area (Å²) in [6.07, 6.45) is 2.45. The molecule has 1 aromatic carbocycles. The Morgan fingerprint density at radius 3 is 2.78 bits per heavy atom. The third kappa shape index (κ3) is 3.87. The van der Waals surface area contributed by atoms with E-state index in [1.807, 2.05) is 32.0 Å². The molecule has 5 heteroatoms. The molecular weight excluding hydrogens is 292 g/mol. The summed E-state index contributed by atoms with van der Waals surface area (Å²) in [6, 6.07) is 9.27. The van der Waals surface area contributed by atoms with E-state index in [0.29, 0.717) is 18.1 Å². The minimum atomic E-state index is -0.184. The van der Waals surface area contributed by atoms with Gasteiger partial charge in [0.05, 0.1) is 18.8 Å². The third-order valence-electron chi connectivity index (χ3n) is 3.94. The number of amides is 1. The smallest absolute Gasteiger partial charge is 0.257 e. The summed E-state index contributed by atoms with van der Waals surface area (Å²) in [4.78, 5) is 16.5. The van der Waals surface area contributed by atoms with Crippen LogP contribution in [0, 0.1) is 13.8 Å². The number of ether oxygens (including phenoxy) is 2. The fraction of sp³-hybridized carbons (Fsp3) is 0.333. The number of carbonyl (C=O) groups is 1. The Balaban J connectivity index is 1.63. The van der Waals surface area contributed by atoms with Crippen molar-refractivity contribution in [1.82, 2.24) is 4.98 Å². The zero-order valence-electron chi connectivity index (χ0n) is 13.3. The summed E-state index contributed by atoms with van der Waals surface area (Å²) in [7, 11) is 0. The van der Waals surface area contributed by atoms with Crippen LogP contribution in [0.25, 0.3) is 0 Å². The van der Waals surface area contributed by atoms with Crippen LogP contribution in [-0.2, 0) is 4.74 Å². The monoisotopic (exact) mass is 312 g/mol. The minimum absolute atomic E-state index is 0.0534. The van der Waals surface area contributed by atoms with Gasteiger partial charge in [-0.1, -0.05) is 6.07 Å². The molecule has 5 nitrogen and oxygen atoms in total. The lowest BCUT2D eigenvalue weighted by molar-refractivity contribution is 0.102. The highest BCUT2D eigenvalue weighted by atomic mass is 16.5. The van der Waals surface area contributed by atoms with Gasteiger partial charge in [-0.15, -0.1) is 0 Å². The number of nitrogens with zero attached hydrogens (tertiary/aromatic N) is 1. The van der Waals surface area contributed by atoms with E-state index in [2.05, 4.69) is 10.3 Å². The fourth-order valence-corrected chi connectivity index (χ4v) is 2.38. The lowest BCUT2D eigenvalue weighted by Crippen LogP contribution is -2.17. The van der Waals surface area contributed by atoms with Gasteiger partial charge in [-0.3, -0.25) is 4.79 Å². The van der Waals surface area contributed by atoms with Crippen molar-refractivity contribution in [3.05, 3.63) is 53.2 Å². The zero-order chi connectivity index (χ0) is 16.2. The number of aryl methyl sites for hydroxylation is 2. The highest BCUT2D eigenvalue weighted by Crippen LogP contribution is 2.17. The second-order valence-electron chi connectivity index (χ2n) is 5.74. The molecule has 0 radical (unpaired) electrons. The minimum Gasteiger partial charge on any atom is -0.472 e. The molecule has 1 aromatic heterocycles. The molecule has 1 aliphatic heterocycles. The Hall–Kier alpha value is -2.40. The summed E-state index contributed by atoms with van der Waals surface area (Å²) >= 11 is 0. The van der Waals surface area contributed by atoms with E-state index in [0.717, 1.165) is 24.3 Å². The summed E-state index contributed by atoms with van der Waals surface area (Å²) in [6.45, 7) is 5.38. The predicted octanol–water partition coefficient (Wildman–Crippen LogP) is 3.12. The first-order chi connectivity index (χ1) is 11.1. The van der Waals surface area contributed by atoms with Crippen LogP contribution in [0.5, 0.6) is 5.88 Å². The maximum absolute atomic E-state index is 12.3. The van der Waals surface area contributed by atoms with Crippen molar-refractivity contribution >= 4 is 11.6 Å². The van der Waals surface area contributed by atoms with Crippen molar-refractivity contribution in [3.63, 3.8) is 0 Å². The van der Waals surface area contributed by atoms with Gasteiger partial charge in [-0.2, -0.15) is 0 Å². The number of carbonyl (C=O) groups excluding carboxylic acids is 1. The Bertz CT molecular complexity index is 692. The maximum Gasteiger partial charge on any atom is 0.257 e. The molecule has 1 N–H and O–H groups in total. The lowest BCUT2D eigenvalue weighted by Gasteiger charge is -2.11. The molecule has 0 aliphatic carbocycles. The van der Waals surface area contributed by atoms with Gasteiger partial charge in [0.15, 0.2) is 0 Å². The summed E-state index contributed by atoms with van der Waals surface area (Å²) in [5, 5.41) is 2.88. The van der Waals surface area contributed by atoms with Gasteiger partial charge in [0.1, 0.15) is 6.10 Å². The number of pyridine rings is 1. The average Bonchev–Trinajstić information content (AvgIpc) is 3.04. The number of rotatable bonds is 4. The van der Waals surface area contributed by atoms with Crippen molar-refractivity contribution in [1.29, 1.82) is 0 Å². The Morgan fingerprint density at radius 1 is 1.26 bits per heavy atom. The molecule has 1 fully saturated rings. The topological polar surface area (TPSA) is 60.5 Å². The van der Waals surface area contributed by atoms with Gasteiger partial charge < -0.3 is 14.8 Å². The molecule has 0 saturated carbocycles. The fourth-order valence-electron chi connectivity index (χ4n) is 2.38. The van der Waals surface area contributed by atoms with Crippen LogP contribution in [0.4, 0.5) is 5.69 Å². The molecule has 0 spiro atoms. The average molecular weight is 312 g/mol. The standard InChI is InChI=1S/C18H20N2O3/c1-12-3-5-15(9-13(12)2)20-18(21)14-4-6-17(19-10-14)23-16-7-8-22-11-16/h3-6,9-10,16H,7-8,11H2,1-2H3,(H,20,21). The molecule has 120 valence electrons. The van der Waals surface area contributed by atoms with Crippen molar-refractivity contribution in [3.8, 4) is 5.88 Å². The van der Waals surface area contributed by atoms with Gasteiger partial charge in [0, 0.05) is 24.4 Å². The molecular formula is C18H20N2O3. The number of aromatic nitrogens is 1. The van der Waals surface area contributed by atoms with E-state index in [9.17, 15) is 4.79 Å². The highest BCUT2D eigenvalue weighted by molar-refractivity contribution is 6.04. The van der Waals surface area contributed by atoms with Gasteiger partial charge in [0.25, 0.3) is 5.91 Å². The molecule has 1 saturated heterocycles. The van der Waals surface area contributed by atoms with Gasteiger partial charge in [-0.05, 0) is 43.2 Å². The van der Waals surface area contributed by atoms with Gasteiger partial charge >= 0.3 is 0 Å². The molecule has 1 aliphatic rings. The number of benzene rings is 1. The van der Waals surface area contributed by atoms with Gasteiger partial charge in [-0.25, -0.2) is 4.98 Å². The third-order valence-corrected chi connectivity index (χ3v) is 3.94. The normalized spacial score (nSPS) is 17.0. The van der Waals surface area contributed by atoms with Crippen molar-refractivity contribution < 1.29 is 14.3 Å². The number of nitrogens with one attached hydrogen (secondary N) is 1. The van der Waals surface area contributed by atoms with Crippen LogP contribution in [0.2, 0.25) is 0 Å². The molecule has 2 heterocycles. The van der Waals surface area contributed by atoms with Gasteiger partial charge in [0.2, 0.25) is 5.88 Å². The van der Waals surface area contributed by atoms with Crippen LogP contribution in [0.3, 0.4) is 0 Å². The highest BCUT2D eigenvalue weighted by Gasteiger charge is 2.17. The Morgan fingerprint density at radius 2 is 2.13 bits per heavy atom. The molecule has 3 rings (SSSR count). The maximum atomic E-state index is 12.3. The van der Waals surface area contributed by atoms with E-state index in [1.54, 1.807) is 12.1 Å². The van der Waals surface area contributed by atoms with Crippen LogP contribution in [0.15, 0.2) is 36.5 Å². The first-order valence-electron chi connectivity index (χ1n) is 7.71. The summed E-state index contributed by atoms with van der Waals surface area (Å²) in [5.74, 6) is 0.333. The first kappa shape index (κ1) is 15.5. The van der Waals surface area contributed by atoms with E-state index in [-0.39, 0.29) is 12.0 Å². The second kappa shape index (κ2) is 6.79. The molecule has 2 aromatic rings. The second-order valence-corrected chi connectivity index (χ2v) is 5.74. The zero-order valence-corrected chi connectivity index (χ0v) is 13.3. The van der Waals surface area contributed by atoms with E-state index in [1.165, 1.54) is 11.8 Å². The molecule has 1 amide bonds. The molecule has 23 heavy (non-hydrogen) atoms. The van der Waals surface area contributed by atoms with E-state index in [4.69, 9.17) is 9.47 Å². The Kier molecular flexibility index (Phi) is 4.57. The molecule has 1 unspecified atom stereocenters. The van der Waals surface area contributed by atoms with Crippen LogP contribution >= 0.6 is 0 Å². The van der Waals surface area contributed by atoms with Crippen molar-refractivity contribution in [2.24, 2.45) is 0 Å². The number of hydrogen-bond donors (Lipinski definition) is 1. The Labute approximate surface area is 135 Å². The molecule has 0 bridgehead atoms. The van der Waals surface area contributed by atoms with Crippen LogP contribution in [0.1, 0.15) is 27.9 Å². The van der Waals surface area contributed by atoms with Crippen molar-refractivity contribution in [2.75, 3.05) is 18.5 Å². The lowest BCUT2D eigenvalue weighted by atomic mass is 10.1. The number of anilines is 1.